The largest absolute Gasteiger partial charge is 0.508 e. The zero-order chi connectivity index (χ0) is 38.4. The Hall–Kier alpha value is -5.70. The molecule has 0 bridgehead atoms. The molecule has 0 spiro atoms. The molecule has 0 heterocycles. The molecule has 0 aliphatic heterocycles. The summed E-state index contributed by atoms with van der Waals surface area (Å²) < 4.78 is 0. The lowest BCUT2D eigenvalue weighted by Crippen LogP contribution is -2.40. The summed E-state index contributed by atoms with van der Waals surface area (Å²) in [6, 6.07) is 35.0. The first-order valence-corrected chi connectivity index (χ1v) is 20.0. The van der Waals surface area contributed by atoms with Crippen molar-refractivity contribution in [3.05, 3.63) is 131 Å². The van der Waals surface area contributed by atoms with Crippen LogP contribution in [0.3, 0.4) is 0 Å². The van der Waals surface area contributed by atoms with Crippen LogP contribution in [0.1, 0.15) is 73.6 Å². The molecule has 6 aromatic carbocycles. The molecule has 2 aliphatic carbocycles. The number of phenols is 4. The van der Waals surface area contributed by atoms with Gasteiger partial charge in [-0.2, -0.15) is 0 Å². The predicted octanol–water partition coefficient (Wildman–Crippen LogP) is 9.52. The third-order valence-corrected chi connectivity index (χ3v) is 11.7. The van der Waals surface area contributed by atoms with E-state index in [2.05, 4.69) is 10.6 Å². The quantitative estimate of drug-likeness (QED) is 0.0733. The van der Waals surface area contributed by atoms with Crippen LogP contribution in [-0.2, 0) is 13.1 Å². The third kappa shape index (κ3) is 7.99. The number of aliphatic imine (C=N–C) groups is 2. The van der Waals surface area contributed by atoms with Crippen molar-refractivity contribution in [1.29, 1.82) is 0 Å². The van der Waals surface area contributed by atoms with E-state index < -0.39 is 0 Å². The van der Waals surface area contributed by atoms with E-state index in [0.717, 1.165) is 84.0 Å². The van der Waals surface area contributed by atoms with Gasteiger partial charge in [0.05, 0.1) is 12.1 Å². The van der Waals surface area contributed by atoms with Crippen LogP contribution < -0.4 is 10.6 Å². The van der Waals surface area contributed by atoms with Gasteiger partial charge in [-0.3, -0.25) is 9.98 Å². The Morgan fingerprint density at radius 2 is 0.893 bits per heavy atom. The van der Waals surface area contributed by atoms with E-state index in [0.29, 0.717) is 35.3 Å². The minimum absolute atomic E-state index is 0.00850. The van der Waals surface area contributed by atoms with Gasteiger partial charge in [-0.25, -0.2) is 0 Å². The monoisotopic (exact) mass is 746 g/mol. The second-order valence-electron chi connectivity index (χ2n) is 15.3. The van der Waals surface area contributed by atoms with Crippen molar-refractivity contribution >= 4 is 34.0 Å². The summed E-state index contributed by atoms with van der Waals surface area (Å²) >= 11 is 0. The van der Waals surface area contributed by atoms with E-state index in [1.807, 2.05) is 97.1 Å². The lowest BCUT2D eigenvalue weighted by molar-refractivity contribution is 0.327. The molecule has 6 N–H and O–H groups in total. The lowest BCUT2D eigenvalue weighted by Gasteiger charge is -2.30. The maximum Gasteiger partial charge on any atom is 0.132 e. The van der Waals surface area contributed by atoms with E-state index in [-0.39, 0.29) is 47.2 Å². The van der Waals surface area contributed by atoms with Gasteiger partial charge < -0.3 is 31.1 Å². The zero-order valence-electron chi connectivity index (χ0n) is 31.6. The van der Waals surface area contributed by atoms with Crippen LogP contribution in [0.5, 0.6) is 23.0 Å². The lowest BCUT2D eigenvalue weighted by atomic mass is 9.88. The second kappa shape index (κ2) is 17.0. The number of rotatable bonds is 11. The number of benzene rings is 6. The normalized spacial score (nSPS) is 20.4. The molecule has 56 heavy (non-hydrogen) atoms. The standard InChI is InChI=1S/C48H50N4O4/c53-43-23-11-3-15-33(43)27-49-39-19-7-9-21-41(39)51-29-35-25-31-13-1-5-17-37(31)45(47(35)55)46-38-18-6-2-14-32(38)26-36(48(46)56)30-52-42-22-10-8-20-40(42)50-28-34-16-4-12-24-44(34)54/h1-6,11-18,23-26,29-30,39-42,49-50,53-56H,7-10,19-22,27-28H2/t39-,40-,41-,42-/m0/s1. The Morgan fingerprint density at radius 1 is 0.500 bits per heavy atom. The molecule has 2 fully saturated rings. The molecule has 0 saturated heterocycles. The predicted molar refractivity (Wildman–Crippen MR) is 227 cm³/mol. The Labute approximate surface area is 328 Å². The first-order chi connectivity index (χ1) is 27.4. The average molecular weight is 747 g/mol. The molecule has 8 rings (SSSR count). The van der Waals surface area contributed by atoms with Crippen LogP contribution in [-0.4, -0.2) is 57.0 Å². The van der Waals surface area contributed by atoms with Crippen LogP contribution in [0.25, 0.3) is 32.7 Å². The number of phenolic OH excluding ortho intramolecular Hbond substituents is 4. The van der Waals surface area contributed by atoms with E-state index in [1.54, 1.807) is 24.6 Å². The molecular formula is C48H50N4O4. The number of para-hydroxylation sites is 2. The van der Waals surface area contributed by atoms with Gasteiger partial charge in [0.15, 0.2) is 0 Å². The average Bonchev–Trinajstić information content (AvgIpc) is 3.23. The van der Waals surface area contributed by atoms with Crippen LogP contribution in [0.2, 0.25) is 0 Å². The number of aromatic hydroxyl groups is 4. The van der Waals surface area contributed by atoms with Gasteiger partial charge in [0, 0.05) is 71.0 Å². The fraction of sp³-hybridized carbons (Fsp3) is 0.292. The number of hydrogen-bond acceptors (Lipinski definition) is 8. The molecule has 8 heteroatoms. The number of hydrogen-bond donors (Lipinski definition) is 6. The van der Waals surface area contributed by atoms with Crippen molar-refractivity contribution < 1.29 is 20.4 Å². The summed E-state index contributed by atoms with van der Waals surface area (Å²) in [7, 11) is 0. The summed E-state index contributed by atoms with van der Waals surface area (Å²) in [5.74, 6) is 0.701. The maximum atomic E-state index is 12.2. The van der Waals surface area contributed by atoms with Gasteiger partial charge in [-0.15, -0.1) is 0 Å². The first kappa shape index (κ1) is 37.2. The first-order valence-electron chi connectivity index (χ1n) is 20.0. The highest BCUT2D eigenvalue weighted by atomic mass is 16.3. The van der Waals surface area contributed by atoms with Crippen LogP contribution in [0.4, 0.5) is 0 Å². The minimum atomic E-state index is 0.00850. The van der Waals surface area contributed by atoms with Crippen molar-refractivity contribution in [2.45, 2.75) is 88.6 Å². The summed E-state index contributed by atoms with van der Waals surface area (Å²) in [6.07, 6.45) is 11.8. The smallest absolute Gasteiger partial charge is 0.132 e. The molecule has 6 aromatic rings. The van der Waals surface area contributed by atoms with Crippen molar-refractivity contribution in [2.24, 2.45) is 9.98 Å². The fourth-order valence-corrected chi connectivity index (χ4v) is 8.63. The second-order valence-corrected chi connectivity index (χ2v) is 15.3. The number of fused-ring (bicyclic) bond motifs is 2. The van der Waals surface area contributed by atoms with Gasteiger partial charge >= 0.3 is 0 Å². The molecule has 4 atom stereocenters. The highest BCUT2D eigenvalue weighted by molar-refractivity contribution is 6.14. The van der Waals surface area contributed by atoms with Crippen LogP contribution in [0.15, 0.2) is 119 Å². The van der Waals surface area contributed by atoms with Crippen molar-refractivity contribution in [1.82, 2.24) is 10.6 Å². The molecule has 286 valence electrons. The van der Waals surface area contributed by atoms with E-state index >= 15 is 0 Å². The van der Waals surface area contributed by atoms with Gasteiger partial charge in [0.2, 0.25) is 0 Å². The molecule has 2 saturated carbocycles. The molecule has 2 aliphatic rings. The van der Waals surface area contributed by atoms with Crippen molar-refractivity contribution in [2.75, 3.05) is 0 Å². The Balaban J connectivity index is 1.13. The SMILES string of the molecule is Oc1ccccc1CN[C@H]1CCCC[C@@H]1N=Cc1cc2ccccc2c(-c2c(O)c(C=N[C@H]3CCCC[C@@H]3NCc3ccccc3O)cc3ccccc23)c1O. The highest BCUT2D eigenvalue weighted by Gasteiger charge is 2.27. The Morgan fingerprint density at radius 3 is 1.34 bits per heavy atom. The van der Waals surface area contributed by atoms with Gasteiger partial charge in [0.1, 0.15) is 23.0 Å². The van der Waals surface area contributed by atoms with E-state index in [4.69, 9.17) is 9.98 Å². The van der Waals surface area contributed by atoms with Crippen molar-refractivity contribution in [3.63, 3.8) is 0 Å². The van der Waals surface area contributed by atoms with E-state index in [9.17, 15) is 20.4 Å². The minimum Gasteiger partial charge on any atom is -0.508 e. The summed E-state index contributed by atoms with van der Waals surface area (Å²) in [6.45, 7) is 1.10. The summed E-state index contributed by atoms with van der Waals surface area (Å²) in [4.78, 5) is 10.2. The molecule has 0 amide bonds. The Kier molecular flexibility index (Phi) is 11.3. The van der Waals surface area contributed by atoms with Crippen LogP contribution >= 0.6 is 0 Å². The molecule has 0 radical (unpaired) electrons. The van der Waals surface area contributed by atoms with Gasteiger partial charge in [0.25, 0.3) is 0 Å². The highest BCUT2D eigenvalue weighted by Crippen LogP contribution is 2.47. The number of nitrogens with zero attached hydrogens (tertiary/aromatic N) is 2. The fourth-order valence-electron chi connectivity index (χ4n) is 8.63. The molecule has 0 aromatic heterocycles. The molecular weight excluding hydrogens is 697 g/mol. The number of nitrogens with one attached hydrogen (secondary N) is 2. The van der Waals surface area contributed by atoms with Crippen LogP contribution in [0, 0.1) is 0 Å². The van der Waals surface area contributed by atoms with Crippen molar-refractivity contribution in [3.8, 4) is 34.1 Å². The molecule has 0 unspecified atom stereocenters. The topological polar surface area (TPSA) is 130 Å². The summed E-state index contributed by atoms with van der Waals surface area (Å²) in [5, 5.41) is 55.9. The third-order valence-electron chi connectivity index (χ3n) is 11.7. The van der Waals surface area contributed by atoms with E-state index in [1.165, 1.54) is 0 Å². The summed E-state index contributed by atoms with van der Waals surface area (Å²) in [5.41, 5.74) is 4.02. The Bertz CT molecular complexity index is 2220. The van der Waals surface area contributed by atoms with Gasteiger partial charge in [-0.05, 0) is 71.5 Å². The molecule has 8 nitrogen and oxygen atoms in total. The van der Waals surface area contributed by atoms with Gasteiger partial charge in [-0.1, -0.05) is 111 Å². The zero-order valence-corrected chi connectivity index (χ0v) is 31.6. The maximum absolute atomic E-state index is 12.2.